The molecule has 0 amide bonds. The third kappa shape index (κ3) is 2.81. The predicted molar refractivity (Wildman–Crippen MR) is 99.1 cm³/mol. The van der Waals surface area contributed by atoms with Gasteiger partial charge in [-0.15, -0.1) is 0 Å². The van der Waals surface area contributed by atoms with E-state index in [1.807, 2.05) is 30.3 Å². The van der Waals surface area contributed by atoms with Gasteiger partial charge in [-0.3, -0.25) is 4.39 Å². The summed E-state index contributed by atoms with van der Waals surface area (Å²) in [4.78, 5) is 4.93. The number of benzene rings is 3. The van der Waals surface area contributed by atoms with Crippen molar-refractivity contribution in [1.29, 1.82) is 0 Å². The monoisotopic (exact) mass is 318 g/mol. The normalized spacial score (nSPS) is 10.3. The second-order valence-electron chi connectivity index (χ2n) is 5.39. The van der Waals surface area contributed by atoms with Gasteiger partial charge in [0, 0.05) is 17.8 Å². The second-order valence-corrected chi connectivity index (χ2v) is 5.39. The highest BCUT2D eigenvalue weighted by Gasteiger charge is 2.06. The smallest absolute Gasteiger partial charge is 0.0823 e. The molecule has 0 N–H and O–H groups in total. The minimum atomic E-state index is 0.500. The summed E-state index contributed by atoms with van der Waals surface area (Å²) in [6.45, 7) is 0. The van der Waals surface area contributed by atoms with E-state index in [-0.39, 0.29) is 0 Å². The molecule has 0 fully saturated rings. The lowest BCUT2D eigenvalue weighted by Gasteiger charge is -2.11. The van der Waals surface area contributed by atoms with Crippen LogP contribution < -0.4 is 5.36 Å². The fourth-order valence-corrected chi connectivity index (χ4v) is 2.96. The van der Waals surface area contributed by atoms with E-state index in [2.05, 4.69) is 60.1 Å². The Morgan fingerprint density at radius 1 is 0.667 bits per heavy atom. The summed E-state index contributed by atoms with van der Waals surface area (Å²) in [5.74, 6) is 0. The number of rotatable bonds is 1. The van der Waals surface area contributed by atoms with E-state index in [0.717, 1.165) is 11.0 Å². The summed E-state index contributed by atoms with van der Waals surface area (Å²) in [6, 6.07) is 27.0. The molecule has 24 heavy (non-hydrogen) atoms. The average molecular weight is 318 g/mol. The third-order valence-corrected chi connectivity index (χ3v) is 4.04. The van der Waals surface area contributed by atoms with Crippen LogP contribution in [0.25, 0.3) is 21.8 Å². The van der Waals surface area contributed by atoms with E-state index in [1.54, 1.807) is 0 Å². The molecule has 4 aromatic rings. The predicted octanol–water partition coefficient (Wildman–Crippen LogP) is 5.15. The molecule has 3 heteroatoms. The van der Waals surface area contributed by atoms with Crippen molar-refractivity contribution in [3.63, 3.8) is 0 Å². The van der Waals surface area contributed by atoms with Crippen LogP contribution in [0.2, 0.25) is 0 Å². The van der Waals surface area contributed by atoms with Crippen molar-refractivity contribution in [1.82, 2.24) is 4.57 Å². The maximum atomic E-state index is 9.50. The number of fused-ring (bicyclic) bond motifs is 2. The Bertz CT molecular complexity index is 974. The molecule has 1 heterocycles. The molecule has 0 spiro atoms. The van der Waals surface area contributed by atoms with Gasteiger partial charge in [-0.1, -0.05) is 54.6 Å². The van der Waals surface area contributed by atoms with Gasteiger partial charge in [-0.05, 0) is 24.3 Å². The SMILES string of the molecule is CF.Cn1c2ccccc2c(=Nc2ccccc2)c2ccccc21. The Morgan fingerprint density at radius 3 is 1.67 bits per heavy atom. The Labute approximate surface area is 140 Å². The van der Waals surface area contributed by atoms with Gasteiger partial charge in [0.2, 0.25) is 0 Å². The van der Waals surface area contributed by atoms with Crippen LogP contribution in [0.4, 0.5) is 10.1 Å². The number of hydrogen-bond donors (Lipinski definition) is 0. The van der Waals surface area contributed by atoms with Crippen LogP contribution in [-0.4, -0.2) is 11.7 Å². The molecule has 4 rings (SSSR count). The number of hydrogen-bond acceptors (Lipinski definition) is 1. The summed E-state index contributed by atoms with van der Waals surface area (Å²) in [5.41, 5.74) is 3.36. The zero-order valence-electron chi connectivity index (χ0n) is 13.8. The van der Waals surface area contributed by atoms with Gasteiger partial charge in [0.25, 0.3) is 0 Å². The highest BCUT2D eigenvalue weighted by atomic mass is 19.1. The molecule has 3 aromatic carbocycles. The standard InChI is InChI=1S/C20H16N2.CH3F/c1-22-18-13-7-5-11-16(18)20(17-12-6-8-14-19(17)22)21-15-9-3-2-4-10-15;1-2/h2-14H,1H3;1H3. The zero-order chi connectivity index (χ0) is 16.9. The van der Waals surface area contributed by atoms with Crippen LogP contribution in [-0.2, 0) is 7.05 Å². The lowest BCUT2D eigenvalue weighted by Crippen LogP contribution is -2.10. The van der Waals surface area contributed by atoms with Crippen molar-refractivity contribution in [2.75, 3.05) is 7.18 Å². The molecule has 0 saturated carbocycles. The van der Waals surface area contributed by atoms with E-state index < -0.39 is 0 Å². The van der Waals surface area contributed by atoms with Gasteiger partial charge in [0.1, 0.15) is 0 Å². The Kier molecular flexibility index (Phi) is 4.71. The first-order chi connectivity index (χ1) is 11.8. The fraction of sp³-hybridized carbons (Fsp3) is 0.0952. The van der Waals surface area contributed by atoms with Crippen molar-refractivity contribution < 1.29 is 4.39 Å². The number of pyridine rings is 1. The van der Waals surface area contributed by atoms with Gasteiger partial charge in [0.15, 0.2) is 0 Å². The van der Waals surface area contributed by atoms with Crippen LogP contribution in [0.15, 0.2) is 83.9 Å². The van der Waals surface area contributed by atoms with Crippen LogP contribution >= 0.6 is 0 Å². The summed E-state index contributed by atoms with van der Waals surface area (Å²) in [6.07, 6.45) is 0. The van der Waals surface area contributed by atoms with Crippen LogP contribution in [0.3, 0.4) is 0 Å². The first kappa shape index (κ1) is 15.9. The molecule has 0 radical (unpaired) electrons. The molecule has 0 bridgehead atoms. The molecule has 0 atom stereocenters. The van der Waals surface area contributed by atoms with Crippen molar-refractivity contribution in [2.24, 2.45) is 12.0 Å². The molecule has 0 unspecified atom stereocenters. The van der Waals surface area contributed by atoms with E-state index >= 15 is 0 Å². The molecule has 0 aliphatic carbocycles. The lowest BCUT2D eigenvalue weighted by atomic mass is 10.1. The number of nitrogens with zero attached hydrogens (tertiary/aromatic N) is 2. The highest BCUT2D eigenvalue weighted by molar-refractivity contribution is 5.93. The van der Waals surface area contributed by atoms with Crippen molar-refractivity contribution in [3.05, 3.63) is 84.2 Å². The Hall–Kier alpha value is -2.94. The Balaban J connectivity index is 0.000000815. The largest absolute Gasteiger partial charge is 0.344 e. The minimum Gasteiger partial charge on any atom is -0.344 e. The van der Waals surface area contributed by atoms with Crippen molar-refractivity contribution in [2.45, 2.75) is 0 Å². The first-order valence-corrected chi connectivity index (χ1v) is 7.78. The number of alkyl halides is 1. The van der Waals surface area contributed by atoms with E-state index in [0.29, 0.717) is 7.18 Å². The average Bonchev–Trinajstić information content (AvgIpc) is 2.67. The molecule has 2 nitrogen and oxygen atoms in total. The third-order valence-electron chi connectivity index (χ3n) is 4.04. The van der Waals surface area contributed by atoms with Crippen LogP contribution in [0.1, 0.15) is 0 Å². The minimum absolute atomic E-state index is 0.500. The topological polar surface area (TPSA) is 17.3 Å². The molecule has 120 valence electrons. The summed E-state index contributed by atoms with van der Waals surface area (Å²) >= 11 is 0. The van der Waals surface area contributed by atoms with Crippen LogP contribution in [0, 0.1) is 0 Å². The molecule has 0 saturated heterocycles. The van der Waals surface area contributed by atoms with E-state index in [4.69, 9.17) is 4.99 Å². The quantitative estimate of drug-likeness (QED) is 0.432. The van der Waals surface area contributed by atoms with Gasteiger partial charge in [-0.25, -0.2) is 4.99 Å². The summed E-state index contributed by atoms with van der Waals surface area (Å²) < 4.78 is 11.7. The molecular weight excluding hydrogens is 299 g/mol. The first-order valence-electron chi connectivity index (χ1n) is 7.78. The number of aryl methyl sites for hydroxylation is 1. The van der Waals surface area contributed by atoms with Gasteiger partial charge in [-0.2, -0.15) is 0 Å². The number of para-hydroxylation sites is 3. The number of aromatic nitrogens is 1. The van der Waals surface area contributed by atoms with Crippen molar-refractivity contribution in [3.8, 4) is 0 Å². The van der Waals surface area contributed by atoms with Gasteiger partial charge in [0.05, 0.1) is 29.3 Å². The molecular formula is C21H19FN2. The fourth-order valence-electron chi connectivity index (χ4n) is 2.96. The second kappa shape index (κ2) is 7.09. The van der Waals surface area contributed by atoms with Crippen molar-refractivity contribution >= 4 is 27.5 Å². The number of halogens is 1. The zero-order valence-corrected chi connectivity index (χ0v) is 13.8. The van der Waals surface area contributed by atoms with Crippen LogP contribution in [0.5, 0.6) is 0 Å². The van der Waals surface area contributed by atoms with E-state index in [1.165, 1.54) is 21.8 Å². The molecule has 1 aromatic heterocycles. The van der Waals surface area contributed by atoms with Gasteiger partial charge >= 0.3 is 0 Å². The summed E-state index contributed by atoms with van der Waals surface area (Å²) in [7, 11) is 2.61. The summed E-state index contributed by atoms with van der Waals surface area (Å²) in [5, 5.41) is 3.38. The molecule has 0 aliphatic rings. The maximum Gasteiger partial charge on any atom is 0.0823 e. The highest BCUT2D eigenvalue weighted by Crippen LogP contribution is 2.19. The van der Waals surface area contributed by atoms with E-state index in [9.17, 15) is 4.39 Å². The Morgan fingerprint density at radius 2 is 1.12 bits per heavy atom. The maximum absolute atomic E-state index is 9.50. The molecule has 0 aliphatic heterocycles. The lowest BCUT2D eigenvalue weighted by molar-refractivity contribution is 0.636. The van der Waals surface area contributed by atoms with Gasteiger partial charge < -0.3 is 4.57 Å².